The third-order valence-electron chi connectivity index (χ3n) is 6.41. The Hall–Kier alpha value is -2.63. The smallest absolute Gasteiger partial charge is 0.326 e. The number of sulfonamides is 1. The monoisotopic (exact) mass is 551 g/mol. The highest BCUT2D eigenvalue weighted by Gasteiger charge is 2.35. The number of amides is 1. The number of benzene rings is 2. The van der Waals surface area contributed by atoms with Gasteiger partial charge in [-0.3, -0.25) is 4.79 Å². The molecule has 2 aromatic carbocycles. The van der Waals surface area contributed by atoms with Crippen LogP contribution in [0.2, 0.25) is 0 Å². The van der Waals surface area contributed by atoms with Crippen molar-refractivity contribution in [3.05, 3.63) is 52.6 Å². The first kappa shape index (κ1) is 28.9. The van der Waals surface area contributed by atoms with Crippen LogP contribution in [-0.4, -0.2) is 40.9 Å². The van der Waals surface area contributed by atoms with Gasteiger partial charge < -0.3 is 5.11 Å². The third-order valence-corrected chi connectivity index (χ3v) is 9.40. The van der Waals surface area contributed by atoms with Crippen LogP contribution in [-0.2, 0) is 31.4 Å². The van der Waals surface area contributed by atoms with Crippen LogP contribution in [0.15, 0.2) is 35.2 Å². The van der Waals surface area contributed by atoms with Gasteiger partial charge in [0.05, 0.1) is 10.6 Å². The van der Waals surface area contributed by atoms with Gasteiger partial charge in [0.1, 0.15) is 12.3 Å². The molecule has 0 radical (unpaired) electrons. The Morgan fingerprint density at radius 2 is 1.59 bits per heavy atom. The number of carbonyl (C=O) groups excluding carboxylic acids is 1. The summed E-state index contributed by atoms with van der Waals surface area (Å²) in [7, 11) is -7.78. The predicted octanol–water partition coefficient (Wildman–Crippen LogP) is 3.85. The number of aryl methyl sites for hydroxylation is 1. The van der Waals surface area contributed by atoms with E-state index in [0.717, 1.165) is 21.0 Å². The maximum atomic E-state index is 13.5. The number of phenols is 1. The number of hydrogen-bond donors (Lipinski definition) is 3. The van der Waals surface area contributed by atoms with Gasteiger partial charge in [-0.1, -0.05) is 59.7 Å². The van der Waals surface area contributed by atoms with E-state index in [9.17, 15) is 26.7 Å². The van der Waals surface area contributed by atoms with Crippen LogP contribution in [0.5, 0.6) is 5.75 Å². The number of aromatic hydroxyl groups is 1. The van der Waals surface area contributed by atoms with E-state index in [0.29, 0.717) is 23.3 Å². The van der Waals surface area contributed by atoms with Gasteiger partial charge in [0.2, 0.25) is 10.0 Å². The first-order valence-corrected chi connectivity index (χ1v) is 15.4. The van der Waals surface area contributed by atoms with Crippen LogP contribution in [0.25, 0.3) is 0 Å². The maximum absolute atomic E-state index is 13.5. The van der Waals surface area contributed by atoms with E-state index >= 15 is 0 Å². The summed E-state index contributed by atoms with van der Waals surface area (Å²) in [6.07, 6.45) is 0.929. The first-order chi connectivity index (χ1) is 17.1. The van der Waals surface area contributed by atoms with E-state index < -0.39 is 32.7 Å². The second-order valence-corrected chi connectivity index (χ2v) is 13.7. The quantitative estimate of drug-likeness (QED) is 0.384. The summed E-state index contributed by atoms with van der Waals surface area (Å²) in [5, 5.41) is 10.4. The number of nitrogens with zero attached hydrogens (tertiary/aromatic N) is 1. The van der Waals surface area contributed by atoms with E-state index in [-0.39, 0.29) is 35.7 Å². The molecule has 0 unspecified atom stereocenters. The summed E-state index contributed by atoms with van der Waals surface area (Å²) in [6, 6.07) is 8.53. The summed E-state index contributed by atoms with van der Waals surface area (Å²) >= 11 is 0. The van der Waals surface area contributed by atoms with E-state index in [4.69, 9.17) is 0 Å². The molecule has 1 heterocycles. The summed E-state index contributed by atoms with van der Waals surface area (Å²) in [5.41, 5.74) is 3.47. The molecule has 9 nitrogen and oxygen atoms in total. The summed E-state index contributed by atoms with van der Waals surface area (Å²) in [5.74, 6) is -0.587. The normalized spacial score (nSPS) is 15.7. The number of carbonyl (C=O) groups is 1. The number of phenolic OH excluding ortho intramolecular Hbond substituents is 1. The molecule has 1 amide bonds. The number of nitrogens with one attached hydrogen (secondary N) is 2. The minimum atomic E-state index is -4.02. The largest absolute Gasteiger partial charge is 0.506 e. The molecule has 3 rings (SSSR count). The topological polar surface area (TPSA) is 133 Å². The van der Waals surface area contributed by atoms with Gasteiger partial charge in [0.15, 0.2) is 0 Å². The molecule has 0 aliphatic carbocycles. The van der Waals surface area contributed by atoms with Gasteiger partial charge in [0.25, 0.3) is 5.91 Å². The molecule has 0 atom stereocenters. The zero-order chi connectivity index (χ0) is 27.7. The Labute approximate surface area is 220 Å². The predicted molar refractivity (Wildman–Crippen MR) is 145 cm³/mol. The van der Waals surface area contributed by atoms with Crippen molar-refractivity contribution in [2.45, 2.75) is 77.0 Å². The molecule has 2 aromatic rings. The summed E-state index contributed by atoms with van der Waals surface area (Å²) in [6.45, 7) is 12.0. The minimum absolute atomic E-state index is 0.00933. The Bertz CT molecular complexity index is 1350. The number of rotatable bonds is 10. The Balaban J connectivity index is 1.74. The maximum Gasteiger partial charge on any atom is 0.326 e. The molecule has 11 heteroatoms. The first-order valence-electron chi connectivity index (χ1n) is 12.5. The molecular formula is C26H37N3O6S2. The van der Waals surface area contributed by atoms with Crippen LogP contribution in [0.4, 0.5) is 5.69 Å². The van der Waals surface area contributed by atoms with E-state index in [1.807, 2.05) is 44.5 Å². The molecule has 3 N–H and O–H groups in total. The third kappa shape index (κ3) is 6.45. The molecule has 1 aliphatic rings. The van der Waals surface area contributed by atoms with Crippen molar-refractivity contribution < 1.29 is 26.7 Å². The van der Waals surface area contributed by atoms with E-state index in [1.165, 1.54) is 12.1 Å². The lowest BCUT2D eigenvalue weighted by molar-refractivity contribution is -0.117. The van der Waals surface area contributed by atoms with Crippen LogP contribution in [0.3, 0.4) is 0 Å². The lowest BCUT2D eigenvalue weighted by Crippen LogP contribution is -2.29. The average Bonchev–Trinajstić information content (AvgIpc) is 3.07. The minimum Gasteiger partial charge on any atom is -0.506 e. The molecule has 0 saturated carbocycles. The highest BCUT2D eigenvalue weighted by molar-refractivity contribution is 7.92. The van der Waals surface area contributed by atoms with Crippen molar-refractivity contribution in [2.75, 3.05) is 17.4 Å². The molecule has 1 aliphatic heterocycles. The second kappa shape index (κ2) is 11.0. The molecule has 1 fully saturated rings. The van der Waals surface area contributed by atoms with Gasteiger partial charge in [-0.25, -0.2) is 22.2 Å². The van der Waals surface area contributed by atoms with Gasteiger partial charge in [0, 0.05) is 6.54 Å². The Morgan fingerprint density at radius 1 is 1.00 bits per heavy atom. The molecule has 0 spiro atoms. The van der Waals surface area contributed by atoms with Crippen molar-refractivity contribution in [2.24, 2.45) is 0 Å². The van der Waals surface area contributed by atoms with E-state index in [2.05, 4.69) is 18.6 Å². The van der Waals surface area contributed by atoms with Crippen molar-refractivity contribution in [1.82, 2.24) is 9.44 Å². The molecule has 1 saturated heterocycles. The van der Waals surface area contributed by atoms with Crippen molar-refractivity contribution in [3.63, 3.8) is 0 Å². The van der Waals surface area contributed by atoms with Crippen LogP contribution in [0.1, 0.15) is 88.0 Å². The standard InChI is InChI=1S/C26H37N3O6S2/c1-16(2)20-13-21(17(3)4)26(22(14-20)18(5)6)36(32,33)27-11-7-8-19-9-10-23(24(30)12-19)29-15-25(31)28-37(29,34)35/h9-10,12-14,16-18,27,30H,7-8,11,15H2,1-6H3,(H,28,31). The Kier molecular flexibility index (Phi) is 8.60. The zero-order valence-corrected chi connectivity index (χ0v) is 23.8. The van der Waals surface area contributed by atoms with Crippen LogP contribution < -0.4 is 13.7 Å². The number of anilines is 1. The molecule has 37 heavy (non-hydrogen) atoms. The highest BCUT2D eigenvalue weighted by atomic mass is 32.2. The van der Waals surface area contributed by atoms with Gasteiger partial charge in [-0.2, -0.15) is 8.42 Å². The van der Waals surface area contributed by atoms with Crippen LogP contribution >= 0.6 is 0 Å². The molecule has 0 aromatic heterocycles. The fraction of sp³-hybridized carbons (Fsp3) is 0.500. The zero-order valence-electron chi connectivity index (χ0n) is 22.2. The van der Waals surface area contributed by atoms with Gasteiger partial charge in [-0.15, -0.1) is 0 Å². The van der Waals surface area contributed by atoms with Crippen molar-refractivity contribution in [1.29, 1.82) is 0 Å². The molecule has 0 bridgehead atoms. The summed E-state index contributed by atoms with van der Waals surface area (Å²) < 4.78 is 56.4. The molecular weight excluding hydrogens is 514 g/mol. The lowest BCUT2D eigenvalue weighted by Gasteiger charge is -2.23. The number of hydrogen-bond acceptors (Lipinski definition) is 6. The fourth-order valence-electron chi connectivity index (χ4n) is 4.37. The molecule has 204 valence electrons. The summed E-state index contributed by atoms with van der Waals surface area (Å²) in [4.78, 5) is 11.8. The van der Waals surface area contributed by atoms with Gasteiger partial charge in [-0.05, 0) is 65.0 Å². The fourth-order valence-corrected chi connectivity index (χ4v) is 7.30. The lowest BCUT2D eigenvalue weighted by atomic mass is 9.89. The van der Waals surface area contributed by atoms with Gasteiger partial charge >= 0.3 is 10.2 Å². The SMILES string of the molecule is CC(C)c1cc(C(C)C)c(S(=O)(=O)NCCCc2ccc(N3CC(=O)NS3(=O)=O)c(O)c2)c(C(C)C)c1. The average molecular weight is 552 g/mol. The van der Waals surface area contributed by atoms with E-state index in [1.54, 1.807) is 6.07 Å². The van der Waals surface area contributed by atoms with Crippen molar-refractivity contribution >= 4 is 31.8 Å². The van der Waals surface area contributed by atoms with Crippen molar-refractivity contribution in [3.8, 4) is 5.75 Å². The Morgan fingerprint density at radius 3 is 2.05 bits per heavy atom. The highest BCUT2D eigenvalue weighted by Crippen LogP contribution is 2.35. The second-order valence-electron chi connectivity index (χ2n) is 10.4. The van der Waals surface area contributed by atoms with Crippen LogP contribution in [0, 0.1) is 0 Å².